The highest BCUT2D eigenvalue weighted by Crippen LogP contribution is 2.34. The summed E-state index contributed by atoms with van der Waals surface area (Å²) in [6.45, 7) is 2.75. The third-order valence-corrected chi connectivity index (χ3v) is 7.78. The molecule has 1 aliphatic heterocycles. The summed E-state index contributed by atoms with van der Waals surface area (Å²) in [4.78, 5) is 25.6. The molecular formula is C21H29N7O3S. The fraction of sp³-hybridized carbons (Fsp3) is 0.476. The average molecular weight is 460 g/mol. The number of piperazine rings is 1. The lowest BCUT2D eigenvalue weighted by molar-refractivity contribution is -0.139. The van der Waals surface area contributed by atoms with Crippen molar-refractivity contribution in [3.05, 3.63) is 30.5 Å². The van der Waals surface area contributed by atoms with Gasteiger partial charge in [-0.05, 0) is 43.5 Å². The zero-order chi connectivity index (χ0) is 22.9. The second-order valence-electron chi connectivity index (χ2n) is 8.54. The number of nitrogens with one attached hydrogen (secondary N) is 1. The second kappa shape index (κ2) is 8.64. The zero-order valence-electron chi connectivity index (χ0n) is 18.1. The van der Waals surface area contributed by atoms with Crippen LogP contribution in [0.15, 0.2) is 40.4 Å². The Labute approximate surface area is 187 Å². The van der Waals surface area contributed by atoms with Crippen molar-refractivity contribution in [1.82, 2.24) is 19.5 Å². The number of hydrogen-bond acceptors (Lipinski definition) is 6. The fourth-order valence-corrected chi connectivity index (χ4v) is 5.92. The molecule has 4 rings (SSSR count). The molecule has 11 heteroatoms. The third kappa shape index (κ3) is 4.41. The molecule has 2 aromatic rings. The molecule has 32 heavy (non-hydrogen) atoms. The predicted octanol–water partition coefficient (Wildman–Crippen LogP) is 0.505. The van der Waals surface area contributed by atoms with Crippen molar-refractivity contribution in [2.45, 2.75) is 36.1 Å². The number of carbonyl (C=O) groups is 1. The highest BCUT2D eigenvalue weighted by Gasteiger charge is 2.46. The molecule has 1 amide bonds. The first-order valence-electron chi connectivity index (χ1n) is 10.7. The normalized spacial score (nSPS) is 19.2. The van der Waals surface area contributed by atoms with Gasteiger partial charge in [-0.25, -0.2) is 13.4 Å². The summed E-state index contributed by atoms with van der Waals surface area (Å²) in [5.74, 6) is -0.0574. The second-order valence-corrected chi connectivity index (χ2v) is 10.2. The van der Waals surface area contributed by atoms with Crippen molar-refractivity contribution in [3.63, 3.8) is 0 Å². The minimum atomic E-state index is -3.98. The van der Waals surface area contributed by atoms with Gasteiger partial charge in [0.05, 0.1) is 4.90 Å². The van der Waals surface area contributed by atoms with E-state index in [1.54, 1.807) is 23.2 Å². The van der Waals surface area contributed by atoms with Gasteiger partial charge in [-0.2, -0.15) is 9.71 Å². The van der Waals surface area contributed by atoms with Gasteiger partial charge in [0.2, 0.25) is 15.9 Å². The number of guanidine groups is 1. The van der Waals surface area contributed by atoms with Crippen molar-refractivity contribution in [2.24, 2.45) is 16.5 Å². The van der Waals surface area contributed by atoms with Crippen LogP contribution < -0.4 is 16.2 Å². The first-order chi connectivity index (χ1) is 15.2. The summed E-state index contributed by atoms with van der Waals surface area (Å²) in [5.41, 5.74) is 9.87. The molecule has 0 spiro atoms. The lowest BCUT2D eigenvalue weighted by Crippen LogP contribution is -2.60. The number of fused-ring (bicyclic) bond motifs is 1. The molecule has 0 atom stereocenters. The van der Waals surface area contributed by atoms with E-state index in [1.165, 1.54) is 12.1 Å². The lowest BCUT2D eigenvalue weighted by atomic mass is 9.96. The topological polar surface area (TPSA) is 147 Å². The summed E-state index contributed by atoms with van der Waals surface area (Å²) in [7, 11) is -1.97. The van der Waals surface area contributed by atoms with Crippen LogP contribution in [-0.2, 0) is 14.8 Å². The third-order valence-electron chi connectivity index (χ3n) is 6.25. The lowest BCUT2D eigenvalue weighted by Gasteiger charge is -2.39. The van der Waals surface area contributed by atoms with Crippen LogP contribution in [0.4, 0.5) is 5.82 Å². The molecule has 5 N–H and O–H groups in total. The minimum absolute atomic E-state index is 0.0440. The Morgan fingerprint density at radius 2 is 1.81 bits per heavy atom. The average Bonchev–Trinajstić information content (AvgIpc) is 3.22. The molecular weight excluding hydrogens is 430 g/mol. The molecule has 10 nitrogen and oxygen atoms in total. The Hall–Kier alpha value is -2.76. The number of rotatable bonds is 5. The van der Waals surface area contributed by atoms with Crippen molar-refractivity contribution in [1.29, 1.82) is 0 Å². The summed E-state index contributed by atoms with van der Waals surface area (Å²) in [6, 6.07) is 6.45. The standard InChI is InChI=1S/C21H29N7O3S/c1-27-10-12-28(13-11-27)19(29)21(7-2-3-8-21)26-32(30,31)16-5-4-15-6-9-24-18(17(15)14-16)25-20(22)23/h4-6,9,14,26H,2-3,7-8,10-13H2,1H3,(H4,22,23,24,25). The van der Waals surface area contributed by atoms with Gasteiger partial charge in [-0.3, -0.25) is 4.79 Å². The highest BCUT2D eigenvalue weighted by atomic mass is 32.2. The number of likely N-dealkylation sites (N-methyl/N-ethyl adjacent to an activating group) is 1. The Kier molecular flexibility index (Phi) is 6.06. The van der Waals surface area contributed by atoms with Gasteiger partial charge in [0.25, 0.3) is 0 Å². The molecule has 2 heterocycles. The Balaban J connectivity index is 1.67. The van der Waals surface area contributed by atoms with Crippen molar-refractivity contribution >= 4 is 38.5 Å². The molecule has 1 aromatic heterocycles. The molecule has 1 aromatic carbocycles. The first-order valence-corrected chi connectivity index (χ1v) is 12.2. The molecule has 2 fully saturated rings. The molecule has 1 aliphatic carbocycles. The van der Waals surface area contributed by atoms with Gasteiger partial charge < -0.3 is 21.3 Å². The Morgan fingerprint density at radius 1 is 1.12 bits per heavy atom. The van der Waals surface area contributed by atoms with Crippen molar-refractivity contribution < 1.29 is 13.2 Å². The maximum Gasteiger partial charge on any atom is 0.243 e. The summed E-state index contributed by atoms with van der Waals surface area (Å²) >= 11 is 0. The summed E-state index contributed by atoms with van der Waals surface area (Å²) in [6.07, 6.45) is 4.15. The molecule has 2 aliphatic rings. The van der Waals surface area contributed by atoms with E-state index >= 15 is 0 Å². The van der Waals surface area contributed by atoms with E-state index in [0.29, 0.717) is 31.3 Å². The quantitative estimate of drug-likeness (QED) is 0.436. The van der Waals surface area contributed by atoms with E-state index in [2.05, 4.69) is 19.6 Å². The van der Waals surface area contributed by atoms with Gasteiger partial charge >= 0.3 is 0 Å². The van der Waals surface area contributed by atoms with E-state index in [-0.39, 0.29) is 22.6 Å². The predicted molar refractivity (Wildman–Crippen MR) is 123 cm³/mol. The molecule has 0 radical (unpaired) electrons. The van der Waals surface area contributed by atoms with E-state index < -0.39 is 15.6 Å². The van der Waals surface area contributed by atoms with Crippen molar-refractivity contribution in [2.75, 3.05) is 33.2 Å². The van der Waals surface area contributed by atoms with E-state index in [9.17, 15) is 13.2 Å². The number of sulfonamides is 1. The number of nitrogens with two attached hydrogens (primary N) is 2. The van der Waals surface area contributed by atoms with E-state index in [0.717, 1.165) is 31.3 Å². The number of aliphatic imine (C=N–C) groups is 1. The summed E-state index contributed by atoms with van der Waals surface area (Å²) < 4.78 is 29.6. The van der Waals surface area contributed by atoms with Gasteiger partial charge in [0.1, 0.15) is 5.54 Å². The van der Waals surface area contributed by atoms with Crippen molar-refractivity contribution in [3.8, 4) is 0 Å². The Bertz CT molecular complexity index is 1150. The summed E-state index contributed by atoms with van der Waals surface area (Å²) in [5, 5.41) is 1.26. The Morgan fingerprint density at radius 3 is 2.47 bits per heavy atom. The molecule has 0 bridgehead atoms. The maximum absolute atomic E-state index is 13.5. The highest BCUT2D eigenvalue weighted by molar-refractivity contribution is 7.89. The van der Waals surface area contributed by atoms with Crippen LogP contribution >= 0.6 is 0 Å². The number of pyridine rings is 1. The van der Waals surface area contributed by atoms with Gasteiger partial charge in [0, 0.05) is 37.8 Å². The zero-order valence-corrected chi connectivity index (χ0v) is 18.9. The number of aromatic nitrogens is 1. The van der Waals surface area contributed by atoms with Crippen LogP contribution in [-0.4, -0.2) is 73.8 Å². The number of benzene rings is 1. The van der Waals surface area contributed by atoms with E-state index in [1.807, 2.05) is 7.05 Å². The maximum atomic E-state index is 13.5. The van der Waals surface area contributed by atoms with Gasteiger partial charge in [0.15, 0.2) is 11.8 Å². The number of amides is 1. The first kappa shape index (κ1) is 22.4. The molecule has 1 saturated carbocycles. The van der Waals surface area contributed by atoms with Crippen LogP contribution in [0.1, 0.15) is 25.7 Å². The van der Waals surface area contributed by atoms with Crippen LogP contribution in [0.2, 0.25) is 0 Å². The van der Waals surface area contributed by atoms with Crippen LogP contribution in [0.5, 0.6) is 0 Å². The number of nitrogens with zero attached hydrogens (tertiary/aromatic N) is 4. The van der Waals surface area contributed by atoms with Crippen LogP contribution in [0.3, 0.4) is 0 Å². The van der Waals surface area contributed by atoms with Gasteiger partial charge in [-0.15, -0.1) is 0 Å². The number of carbonyl (C=O) groups excluding carboxylic acids is 1. The van der Waals surface area contributed by atoms with Gasteiger partial charge in [-0.1, -0.05) is 18.9 Å². The van der Waals surface area contributed by atoms with Crippen LogP contribution in [0.25, 0.3) is 10.8 Å². The van der Waals surface area contributed by atoms with Crippen LogP contribution in [0, 0.1) is 0 Å². The van der Waals surface area contributed by atoms with E-state index in [4.69, 9.17) is 11.5 Å². The molecule has 0 unspecified atom stereocenters. The number of hydrogen-bond donors (Lipinski definition) is 3. The molecule has 1 saturated heterocycles. The fourth-order valence-electron chi connectivity index (χ4n) is 4.48. The SMILES string of the molecule is CN1CCN(C(=O)C2(NS(=O)(=O)c3ccc4ccnc(N=C(N)N)c4c3)CCCC2)CC1. The smallest absolute Gasteiger partial charge is 0.243 e. The molecule has 172 valence electrons. The minimum Gasteiger partial charge on any atom is -0.370 e. The monoisotopic (exact) mass is 459 g/mol. The largest absolute Gasteiger partial charge is 0.370 e.